The molecule has 2 N–H and O–H groups in total. The molecule has 2 aliphatic rings. The summed E-state index contributed by atoms with van der Waals surface area (Å²) < 4.78 is 18.6. The Morgan fingerprint density at radius 1 is 1.17 bits per heavy atom. The molecule has 3 aromatic heterocycles. The van der Waals surface area contributed by atoms with E-state index in [1.165, 1.54) is 17.6 Å². The molecule has 1 unspecified atom stereocenters. The zero-order valence-electron chi connectivity index (χ0n) is 23.1. The summed E-state index contributed by atoms with van der Waals surface area (Å²) in [4.78, 5) is 45.4. The van der Waals surface area contributed by atoms with Crippen LogP contribution in [0.5, 0.6) is 5.75 Å². The number of aromatic nitrogens is 3. The minimum Gasteiger partial charge on any atom is -0.496 e. The maximum absolute atomic E-state index is 13.7. The summed E-state index contributed by atoms with van der Waals surface area (Å²) in [6, 6.07) is 6.79. The molecule has 0 saturated carbocycles. The van der Waals surface area contributed by atoms with Gasteiger partial charge in [0.15, 0.2) is 0 Å². The predicted octanol–water partition coefficient (Wildman–Crippen LogP) is 3.05. The van der Waals surface area contributed by atoms with Gasteiger partial charge in [0.05, 0.1) is 29.7 Å². The molecule has 2 saturated heterocycles. The number of aliphatic hydroxyl groups is 1. The monoisotopic (exact) mass is 582 g/mol. The van der Waals surface area contributed by atoms with Crippen LogP contribution in [0.3, 0.4) is 0 Å². The van der Waals surface area contributed by atoms with Gasteiger partial charge in [0.1, 0.15) is 22.9 Å². The molecule has 0 radical (unpaired) electrons. The van der Waals surface area contributed by atoms with E-state index < -0.39 is 17.3 Å². The number of fused-ring (bicyclic) bond motifs is 1. The molecule has 2 aliphatic heterocycles. The van der Waals surface area contributed by atoms with Crippen LogP contribution >= 0.6 is 11.3 Å². The van der Waals surface area contributed by atoms with Crippen molar-refractivity contribution in [3.8, 4) is 16.5 Å². The van der Waals surface area contributed by atoms with Gasteiger partial charge >= 0.3 is 5.69 Å². The lowest BCUT2D eigenvalue weighted by Gasteiger charge is -2.24. The maximum atomic E-state index is 13.7. The first-order valence-corrected chi connectivity index (χ1v) is 14.6. The third kappa shape index (κ3) is 5.99. The van der Waals surface area contributed by atoms with E-state index in [0.717, 1.165) is 41.9 Å². The number of carbonyl (C=O) groups is 1. The van der Waals surface area contributed by atoms with Crippen LogP contribution in [0.1, 0.15) is 42.9 Å². The highest BCUT2D eigenvalue weighted by molar-refractivity contribution is 7.22. The first-order valence-electron chi connectivity index (χ1n) is 13.7. The Morgan fingerprint density at radius 2 is 1.95 bits per heavy atom. The molecule has 2 fully saturated rings. The maximum Gasteiger partial charge on any atom is 0.332 e. The summed E-state index contributed by atoms with van der Waals surface area (Å²) in [7, 11) is 1.61. The van der Waals surface area contributed by atoms with Gasteiger partial charge in [-0.2, -0.15) is 0 Å². The van der Waals surface area contributed by atoms with Crippen LogP contribution in [-0.2, 0) is 22.5 Å². The van der Waals surface area contributed by atoms with Crippen LogP contribution in [-0.4, -0.2) is 58.1 Å². The normalized spacial score (nSPS) is 17.6. The van der Waals surface area contributed by atoms with Gasteiger partial charge in [0.25, 0.3) is 5.56 Å². The van der Waals surface area contributed by atoms with Crippen molar-refractivity contribution in [1.82, 2.24) is 19.4 Å². The summed E-state index contributed by atoms with van der Waals surface area (Å²) in [5, 5.41) is 12.0. The van der Waals surface area contributed by atoms with Gasteiger partial charge in [-0.3, -0.25) is 14.2 Å². The fraction of sp³-hybridized carbons (Fsp3) is 0.448. The Hall–Kier alpha value is -3.74. The number of aryl methyl sites for hydroxylation is 3. The van der Waals surface area contributed by atoms with Gasteiger partial charge in [0.2, 0.25) is 11.8 Å². The largest absolute Gasteiger partial charge is 0.496 e. The molecule has 12 heteroatoms. The number of benzene rings is 1. The predicted molar refractivity (Wildman–Crippen MR) is 155 cm³/mol. The topological polar surface area (TPSA) is 138 Å². The Kier molecular flexibility index (Phi) is 9.01. The first kappa shape index (κ1) is 28.8. The molecule has 1 aromatic carbocycles. The number of carbonyl (C=O) groups excluding carboxylic acids is 1. The smallest absolute Gasteiger partial charge is 0.332 e. The second-order valence-electron chi connectivity index (χ2n) is 10.0. The van der Waals surface area contributed by atoms with Crippen molar-refractivity contribution in [2.75, 3.05) is 26.9 Å². The molecule has 0 bridgehead atoms. The summed E-state index contributed by atoms with van der Waals surface area (Å²) in [5.74, 6) is 0.820. The molecule has 0 aliphatic carbocycles. The molecule has 5 heterocycles. The van der Waals surface area contributed by atoms with Crippen molar-refractivity contribution in [3.63, 3.8) is 0 Å². The van der Waals surface area contributed by atoms with Crippen LogP contribution < -0.4 is 21.3 Å². The number of hydrogen-bond donors (Lipinski definition) is 2. The lowest BCUT2D eigenvalue weighted by Crippen LogP contribution is -2.49. The molecule has 41 heavy (non-hydrogen) atoms. The lowest BCUT2D eigenvalue weighted by molar-refractivity contribution is -0.126. The molecular weight excluding hydrogens is 548 g/mol. The second kappa shape index (κ2) is 12.8. The van der Waals surface area contributed by atoms with Crippen LogP contribution in [0.15, 0.2) is 50.7 Å². The highest BCUT2D eigenvalue weighted by Gasteiger charge is 2.30. The summed E-state index contributed by atoms with van der Waals surface area (Å²) in [6.07, 6.45) is 6.21. The summed E-state index contributed by atoms with van der Waals surface area (Å²) in [5.41, 5.74) is 0.680. The summed E-state index contributed by atoms with van der Waals surface area (Å²) in [6.45, 7) is 4.15. The van der Waals surface area contributed by atoms with Crippen molar-refractivity contribution in [3.05, 3.63) is 68.7 Å². The number of oxazole rings is 1. The number of nitrogens with zero attached hydrogens (tertiary/aromatic N) is 3. The van der Waals surface area contributed by atoms with Gasteiger partial charge < -0.3 is 24.3 Å². The van der Waals surface area contributed by atoms with Gasteiger partial charge in [-0.05, 0) is 56.2 Å². The highest BCUT2D eigenvalue weighted by atomic mass is 32.1. The van der Waals surface area contributed by atoms with E-state index in [1.807, 2.05) is 31.2 Å². The molecule has 6 rings (SSSR count). The quantitative estimate of drug-likeness (QED) is 0.354. The average molecular weight is 583 g/mol. The van der Waals surface area contributed by atoms with Crippen molar-refractivity contribution >= 4 is 27.5 Å². The fourth-order valence-electron chi connectivity index (χ4n) is 5.21. The Morgan fingerprint density at radius 3 is 2.61 bits per heavy atom. The van der Waals surface area contributed by atoms with E-state index in [0.29, 0.717) is 58.9 Å². The van der Waals surface area contributed by atoms with E-state index in [4.69, 9.17) is 19.0 Å². The third-order valence-corrected chi connectivity index (χ3v) is 8.73. The van der Waals surface area contributed by atoms with Gasteiger partial charge in [-0.1, -0.05) is 18.2 Å². The lowest BCUT2D eigenvalue weighted by atomic mass is 10.1. The molecule has 218 valence electrons. The number of methoxy groups -OCH3 is 1. The van der Waals surface area contributed by atoms with E-state index in [1.54, 1.807) is 17.9 Å². The molecule has 11 nitrogen and oxygen atoms in total. The number of hydrogen-bond acceptors (Lipinski definition) is 9. The SMILES string of the molecule is COc1ccccc1CCn1c(=O)n(C2CCCNC2=O)c(=O)c2c(C)c(-c3ncco3)sc21.OC1CCOCC1. The van der Waals surface area contributed by atoms with Crippen LogP contribution in [0.4, 0.5) is 0 Å². The van der Waals surface area contributed by atoms with Crippen molar-refractivity contribution in [2.45, 2.75) is 57.7 Å². The number of amides is 1. The minimum atomic E-state index is -0.833. The Bertz CT molecular complexity index is 1620. The number of aliphatic hydroxyl groups excluding tert-OH is 1. The second-order valence-corrected chi connectivity index (χ2v) is 11.0. The number of piperidine rings is 1. The minimum absolute atomic E-state index is 0.0891. The van der Waals surface area contributed by atoms with Crippen molar-refractivity contribution in [2.24, 2.45) is 0 Å². The van der Waals surface area contributed by atoms with Crippen molar-refractivity contribution < 1.29 is 23.8 Å². The fourth-order valence-corrected chi connectivity index (χ4v) is 6.46. The number of nitrogens with one attached hydrogen (secondary N) is 1. The number of ether oxygens (including phenoxy) is 2. The Labute approximate surface area is 240 Å². The average Bonchev–Trinajstić information content (AvgIpc) is 3.63. The van der Waals surface area contributed by atoms with E-state index in [-0.39, 0.29) is 12.0 Å². The standard InChI is InChI=1S/C24H24N4O5S.C5H10O2/c1-14-18-22(30)28(16-7-5-10-25-20(16)29)24(31)27(12-9-15-6-3-4-8-17(15)32-2)23(18)34-19(14)21-26-11-13-33-21;6-5-1-3-7-4-2-5/h3-4,6,8,11,13,16H,5,7,9-10,12H2,1-2H3,(H,25,29);5-6H,1-4H2. The third-order valence-electron chi connectivity index (χ3n) is 7.43. The zero-order chi connectivity index (χ0) is 28.9. The Balaban J connectivity index is 0.000000423. The molecular formula is C29H34N4O7S. The molecule has 1 atom stereocenters. The summed E-state index contributed by atoms with van der Waals surface area (Å²) >= 11 is 1.30. The van der Waals surface area contributed by atoms with Crippen LogP contribution in [0.25, 0.3) is 21.0 Å². The first-order chi connectivity index (χ1) is 19.9. The van der Waals surface area contributed by atoms with Crippen LogP contribution in [0.2, 0.25) is 0 Å². The van der Waals surface area contributed by atoms with Crippen molar-refractivity contribution in [1.29, 1.82) is 0 Å². The number of rotatable bonds is 6. The van der Waals surface area contributed by atoms with Gasteiger partial charge in [0, 0.05) is 26.3 Å². The van der Waals surface area contributed by atoms with Crippen LogP contribution in [0, 0.1) is 6.92 Å². The van der Waals surface area contributed by atoms with E-state index in [2.05, 4.69) is 10.3 Å². The van der Waals surface area contributed by atoms with Gasteiger partial charge in [-0.25, -0.2) is 14.3 Å². The highest BCUT2D eigenvalue weighted by Crippen LogP contribution is 2.36. The van der Waals surface area contributed by atoms with E-state index in [9.17, 15) is 14.4 Å². The van der Waals surface area contributed by atoms with E-state index >= 15 is 0 Å². The zero-order valence-corrected chi connectivity index (χ0v) is 23.9. The molecule has 4 aromatic rings. The molecule has 0 spiro atoms. The number of para-hydroxylation sites is 1. The van der Waals surface area contributed by atoms with Gasteiger partial charge in [-0.15, -0.1) is 11.3 Å². The number of thiophene rings is 1. The molecule has 1 amide bonds.